The number of aromatic carboxylic acids is 1. The van der Waals surface area contributed by atoms with Gasteiger partial charge in [0.2, 0.25) is 0 Å². The maximum Gasteiger partial charge on any atom is 0.335 e. The number of hydrogen-bond donors (Lipinski definition) is 1. The van der Waals surface area contributed by atoms with E-state index in [0.29, 0.717) is 55.2 Å². The molecule has 2 aromatic carbocycles. The molecule has 2 aromatic heterocycles. The molecule has 0 amide bonds. The van der Waals surface area contributed by atoms with Crippen molar-refractivity contribution in [1.82, 2.24) is 19.4 Å². The summed E-state index contributed by atoms with van der Waals surface area (Å²) in [6.07, 6.45) is 1.33. The second kappa shape index (κ2) is 12.0. The Hall–Kier alpha value is -4.47. The molecule has 2 unspecified atom stereocenters. The third kappa shape index (κ3) is 5.91. The smallest absolute Gasteiger partial charge is 0.335 e. The topological polar surface area (TPSA) is 114 Å². The number of ether oxygens (including phenoxy) is 2. The molecule has 2 fully saturated rings. The van der Waals surface area contributed by atoms with Gasteiger partial charge in [0.25, 0.3) is 0 Å². The molecule has 0 spiro atoms. The van der Waals surface area contributed by atoms with Crippen molar-refractivity contribution in [2.75, 3.05) is 19.8 Å². The van der Waals surface area contributed by atoms with Crippen LogP contribution >= 0.6 is 0 Å². The number of nitrogens with zero attached hydrogens (tertiary/aromatic N) is 5. The Morgan fingerprint density at radius 1 is 1.14 bits per heavy atom. The highest BCUT2D eigenvalue weighted by molar-refractivity contribution is 5.92. The summed E-state index contributed by atoms with van der Waals surface area (Å²) in [5, 5.41) is 18.4. The molecular formula is C31H28F3N5O4. The fourth-order valence-electron chi connectivity index (χ4n) is 5.66. The first-order valence-corrected chi connectivity index (χ1v) is 13.9. The molecule has 6 rings (SSSR count). The summed E-state index contributed by atoms with van der Waals surface area (Å²) in [6.45, 7) is 1.03. The van der Waals surface area contributed by atoms with Gasteiger partial charge in [-0.15, -0.1) is 0 Å². The Morgan fingerprint density at radius 3 is 2.67 bits per heavy atom. The summed E-state index contributed by atoms with van der Waals surface area (Å²) in [5.74, 6) is -2.02. The fourth-order valence-corrected chi connectivity index (χ4v) is 5.66. The summed E-state index contributed by atoms with van der Waals surface area (Å²) >= 11 is 0. The molecule has 1 N–H and O–H groups in total. The number of likely N-dealkylation sites (tertiary alicyclic amines) is 1. The lowest BCUT2D eigenvalue weighted by molar-refractivity contribution is -0.0592. The van der Waals surface area contributed by atoms with Crippen LogP contribution in [0.15, 0.2) is 48.5 Å². The number of fused-ring (bicyclic) bond motifs is 1. The van der Waals surface area contributed by atoms with Crippen molar-refractivity contribution in [2.24, 2.45) is 0 Å². The molecule has 0 saturated carbocycles. The highest BCUT2D eigenvalue weighted by Crippen LogP contribution is 2.34. The van der Waals surface area contributed by atoms with E-state index in [1.807, 2.05) is 15.5 Å². The Morgan fingerprint density at radius 2 is 1.98 bits per heavy atom. The van der Waals surface area contributed by atoms with Crippen LogP contribution < -0.4 is 4.74 Å². The van der Waals surface area contributed by atoms with Gasteiger partial charge in [0.15, 0.2) is 11.6 Å². The van der Waals surface area contributed by atoms with Gasteiger partial charge >= 0.3 is 5.97 Å². The van der Waals surface area contributed by atoms with Gasteiger partial charge in [-0.1, -0.05) is 0 Å². The zero-order chi connectivity index (χ0) is 30.1. The van der Waals surface area contributed by atoms with Gasteiger partial charge in [-0.05, 0) is 61.4 Å². The van der Waals surface area contributed by atoms with Gasteiger partial charge in [0.05, 0.1) is 47.4 Å². The van der Waals surface area contributed by atoms with Crippen LogP contribution in [0.25, 0.3) is 11.0 Å². The maximum atomic E-state index is 14.6. The van der Waals surface area contributed by atoms with Gasteiger partial charge in [0, 0.05) is 30.8 Å². The van der Waals surface area contributed by atoms with Gasteiger partial charge in [-0.25, -0.2) is 22.9 Å². The van der Waals surface area contributed by atoms with Crippen LogP contribution in [0.1, 0.15) is 51.9 Å². The van der Waals surface area contributed by atoms with E-state index < -0.39 is 30.3 Å². The van der Waals surface area contributed by atoms with Crippen molar-refractivity contribution < 1.29 is 32.5 Å². The van der Waals surface area contributed by atoms with E-state index in [-0.39, 0.29) is 41.2 Å². The summed E-state index contributed by atoms with van der Waals surface area (Å²) in [6, 6.07) is 12.8. The lowest BCUT2D eigenvalue weighted by atomic mass is 10.0. The Balaban J connectivity index is 1.21. The number of imidazole rings is 1. The third-order valence-electron chi connectivity index (χ3n) is 8.09. The molecule has 2 aliphatic rings. The molecule has 4 aromatic rings. The number of hydrogen-bond acceptors (Lipinski definition) is 7. The highest BCUT2D eigenvalue weighted by atomic mass is 19.1. The first-order chi connectivity index (χ1) is 20.8. The monoisotopic (exact) mass is 591 g/mol. The molecule has 12 heteroatoms. The molecule has 2 aliphatic heterocycles. The number of carbonyl (C=O) groups is 1. The summed E-state index contributed by atoms with van der Waals surface area (Å²) in [7, 11) is 0. The molecular weight excluding hydrogens is 563 g/mol. The van der Waals surface area contributed by atoms with Crippen molar-refractivity contribution in [1.29, 1.82) is 5.26 Å². The predicted octanol–water partition coefficient (Wildman–Crippen LogP) is 4.97. The third-order valence-corrected chi connectivity index (χ3v) is 8.09. The van der Waals surface area contributed by atoms with Crippen LogP contribution in [-0.4, -0.2) is 62.5 Å². The normalized spacial score (nSPS) is 20.2. The molecule has 3 atom stereocenters. The largest absolute Gasteiger partial charge is 0.484 e. The predicted molar refractivity (Wildman–Crippen MR) is 148 cm³/mol. The van der Waals surface area contributed by atoms with Crippen molar-refractivity contribution in [3.05, 3.63) is 88.5 Å². The van der Waals surface area contributed by atoms with E-state index in [4.69, 9.17) is 19.7 Å². The number of rotatable bonds is 10. The molecule has 43 heavy (non-hydrogen) atoms. The van der Waals surface area contributed by atoms with Crippen LogP contribution in [-0.2, 0) is 24.4 Å². The molecule has 4 heterocycles. The molecule has 2 saturated heterocycles. The van der Waals surface area contributed by atoms with Crippen LogP contribution in [0.3, 0.4) is 0 Å². The van der Waals surface area contributed by atoms with Crippen molar-refractivity contribution in [2.45, 2.75) is 50.6 Å². The minimum atomic E-state index is -1.03. The SMILES string of the molecule is N#Cc1ccc(OCc2nc(C3C[C@H](CF)N(Cc4nc5ccc(C(=O)O)cc5n4CC4CCO4)C3)ccc2F)c(F)c1. The Bertz CT molecular complexity index is 1720. The van der Waals surface area contributed by atoms with Gasteiger partial charge in [-0.3, -0.25) is 9.88 Å². The van der Waals surface area contributed by atoms with E-state index in [1.165, 1.54) is 24.3 Å². The average molecular weight is 592 g/mol. The number of pyridine rings is 1. The van der Waals surface area contributed by atoms with Crippen molar-refractivity contribution in [3.8, 4) is 11.8 Å². The van der Waals surface area contributed by atoms with Gasteiger partial charge < -0.3 is 19.1 Å². The second-order valence-electron chi connectivity index (χ2n) is 10.8. The lowest BCUT2D eigenvalue weighted by Gasteiger charge is -2.28. The standard InChI is InChI=1S/C31H28F3N5O4/c32-12-21-10-20(25-5-3-23(33)27(36-25)17-43-29-6-1-18(13-35)9-24(29)34)14-38(21)16-30-37-26-4-2-19(31(40)41)11-28(26)39(30)15-22-7-8-42-22/h1-6,9,11,20-22H,7-8,10,12,14-17H2,(H,40,41)/t20?,21-,22?/m1/s1. The first-order valence-electron chi connectivity index (χ1n) is 13.9. The van der Waals surface area contributed by atoms with Crippen LogP contribution in [0.2, 0.25) is 0 Å². The molecule has 222 valence electrons. The van der Waals surface area contributed by atoms with E-state index in [0.717, 1.165) is 12.5 Å². The highest BCUT2D eigenvalue weighted by Gasteiger charge is 2.35. The number of aromatic nitrogens is 3. The molecule has 0 aliphatic carbocycles. The fraction of sp³-hybridized carbons (Fsp3) is 0.355. The average Bonchev–Trinajstić information content (AvgIpc) is 3.55. The number of alkyl halides is 1. The number of halogens is 3. The molecule has 0 bridgehead atoms. The summed E-state index contributed by atoms with van der Waals surface area (Å²) < 4.78 is 56.2. The van der Waals surface area contributed by atoms with Crippen LogP contribution in [0, 0.1) is 23.0 Å². The van der Waals surface area contributed by atoms with E-state index in [2.05, 4.69) is 4.98 Å². The van der Waals surface area contributed by atoms with E-state index >= 15 is 0 Å². The lowest BCUT2D eigenvalue weighted by Crippen LogP contribution is -2.34. The van der Waals surface area contributed by atoms with Crippen molar-refractivity contribution in [3.63, 3.8) is 0 Å². The Labute approximate surface area is 245 Å². The van der Waals surface area contributed by atoms with E-state index in [9.17, 15) is 23.1 Å². The van der Waals surface area contributed by atoms with Crippen LogP contribution in [0.5, 0.6) is 5.75 Å². The molecule has 9 nitrogen and oxygen atoms in total. The Kier molecular flexibility index (Phi) is 8.01. The quantitative estimate of drug-likeness (QED) is 0.275. The van der Waals surface area contributed by atoms with E-state index in [1.54, 1.807) is 18.2 Å². The molecule has 0 radical (unpaired) electrons. The van der Waals surface area contributed by atoms with Gasteiger partial charge in [-0.2, -0.15) is 5.26 Å². The number of carboxylic acid groups (broad SMARTS) is 1. The summed E-state index contributed by atoms with van der Waals surface area (Å²) in [4.78, 5) is 22.8. The second-order valence-corrected chi connectivity index (χ2v) is 10.8. The summed E-state index contributed by atoms with van der Waals surface area (Å²) in [5.41, 5.74) is 2.19. The zero-order valence-electron chi connectivity index (χ0n) is 23.0. The van der Waals surface area contributed by atoms with Crippen LogP contribution in [0.4, 0.5) is 13.2 Å². The number of carboxylic acids is 1. The minimum absolute atomic E-state index is 0.00487. The first kappa shape index (κ1) is 28.6. The number of benzene rings is 2. The minimum Gasteiger partial charge on any atom is -0.484 e. The van der Waals surface area contributed by atoms with Crippen molar-refractivity contribution >= 4 is 17.0 Å². The maximum absolute atomic E-state index is 14.6. The number of nitriles is 1. The van der Waals surface area contributed by atoms with Gasteiger partial charge in [0.1, 0.15) is 30.6 Å². The zero-order valence-corrected chi connectivity index (χ0v) is 23.0.